The van der Waals surface area contributed by atoms with Crippen molar-refractivity contribution in [1.29, 1.82) is 0 Å². The van der Waals surface area contributed by atoms with Gasteiger partial charge in [-0.2, -0.15) is 0 Å². The van der Waals surface area contributed by atoms with Crippen molar-refractivity contribution in [3.63, 3.8) is 0 Å². The minimum Gasteiger partial charge on any atom is -0.484 e. The summed E-state index contributed by atoms with van der Waals surface area (Å²) in [4.78, 5) is 13.7. The number of nitrogens with zero attached hydrogens (tertiary/aromatic N) is 3. The van der Waals surface area contributed by atoms with E-state index in [2.05, 4.69) is 16.0 Å². The van der Waals surface area contributed by atoms with Crippen LogP contribution in [-0.2, 0) is 24.2 Å². The quantitative estimate of drug-likeness (QED) is 0.506. The van der Waals surface area contributed by atoms with Gasteiger partial charge in [-0.15, -0.1) is 0 Å². The Morgan fingerprint density at radius 1 is 1.00 bits per heavy atom. The molecule has 0 saturated carbocycles. The Labute approximate surface area is 167 Å². The first-order chi connectivity index (χ1) is 14.3. The average molecular weight is 385 g/mol. The molecule has 0 spiro atoms. The summed E-state index contributed by atoms with van der Waals surface area (Å²) in [6.45, 7) is 0.517. The third kappa shape index (κ3) is 2.96. The van der Waals surface area contributed by atoms with Gasteiger partial charge in [0.05, 0.1) is 24.3 Å². The van der Waals surface area contributed by atoms with Crippen LogP contribution in [-0.4, -0.2) is 15.0 Å². The van der Waals surface area contributed by atoms with E-state index in [1.54, 1.807) is 6.26 Å². The largest absolute Gasteiger partial charge is 0.484 e. The first-order valence-corrected chi connectivity index (χ1v) is 9.87. The zero-order chi connectivity index (χ0) is 19.2. The van der Waals surface area contributed by atoms with Gasteiger partial charge in [0.15, 0.2) is 0 Å². The molecule has 2 atom stereocenters. The molecule has 4 aromatic rings. The van der Waals surface area contributed by atoms with Crippen LogP contribution < -0.4 is 4.74 Å². The van der Waals surface area contributed by atoms with Crippen molar-refractivity contribution in [3.05, 3.63) is 83.3 Å². The summed E-state index contributed by atoms with van der Waals surface area (Å²) in [6, 6.07) is 12.0. The van der Waals surface area contributed by atoms with Gasteiger partial charge in [0.1, 0.15) is 18.0 Å². The SMILES string of the molecule is c1cnc2c(c1)OC(c1cnc3c(c1)COC(c1ccc4ccoc4n1)C3)CC2. The Balaban J connectivity index is 1.24. The lowest BCUT2D eigenvalue weighted by Crippen LogP contribution is -2.20. The molecule has 0 aliphatic carbocycles. The number of hydrogen-bond donors (Lipinski definition) is 0. The Kier molecular flexibility index (Phi) is 3.84. The van der Waals surface area contributed by atoms with E-state index < -0.39 is 0 Å². The molecular formula is C23H19N3O3. The number of ether oxygens (including phenoxy) is 2. The second-order valence-electron chi connectivity index (χ2n) is 7.52. The summed E-state index contributed by atoms with van der Waals surface area (Å²) in [7, 11) is 0. The highest BCUT2D eigenvalue weighted by Crippen LogP contribution is 2.35. The topological polar surface area (TPSA) is 70.3 Å². The van der Waals surface area contributed by atoms with Crippen LogP contribution in [0.1, 0.15) is 46.8 Å². The van der Waals surface area contributed by atoms with Crippen molar-refractivity contribution >= 4 is 11.1 Å². The third-order valence-electron chi connectivity index (χ3n) is 5.70. The van der Waals surface area contributed by atoms with Gasteiger partial charge in [-0.3, -0.25) is 9.97 Å². The van der Waals surface area contributed by atoms with E-state index in [-0.39, 0.29) is 12.2 Å². The molecule has 0 amide bonds. The minimum atomic E-state index is -0.112. The van der Waals surface area contributed by atoms with Crippen molar-refractivity contribution in [3.8, 4) is 5.75 Å². The summed E-state index contributed by atoms with van der Waals surface area (Å²) < 4.78 is 17.7. The number of pyridine rings is 3. The van der Waals surface area contributed by atoms with Crippen LogP contribution in [0.25, 0.3) is 11.1 Å². The summed E-state index contributed by atoms with van der Waals surface area (Å²) >= 11 is 0. The molecule has 0 fully saturated rings. The van der Waals surface area contributed by atoms with Gasteiger partial charge in [-0.25, -0.2) is 4.98 Å². The maximum Gasteiger partial charge on any atom is 0.226 e. The van der Waals surface area contributed by atoms with Gasteiger partial charge in [0, 0.05) is 35.5 Å². The van der Waals surface area contributed by atoms with Crippen LogP contribution in [0.2, 0.25) is 0 Å². The van der Waals surface area contributed by atoms with Gasteiger partial charge >= 0.3 is 0 Å². The van der Waals surface area contributed by atoms with E-state index in [0.717, 1.165) is 52.2 Å². The second-order valence-corrected chi connectivity index (χ2v) is 7.52. The summed E-state index contributed by atoms with van der Waals surface area (Å²) in [5.41, 5.74) is 5.83. The Morgan fingerprint density at radius 2 is 2.00 bits per heavy atom. The highest BCUT2D eigenvalue weighted by atomic mass is 16.5. The van der Waals surface area contributed by atoms with E-state index in [1.807, 2.05) is 42.7 Å². The standard InChI is InChI=1S/C23H19N3O3/c1-2-21-17(24-8-1)5-6-20(29-21)15-10-16-13-28-22(11-19(16)25-12-15)18-4-3-14-7-9-27-23(14)26-18/h1-4,7-10,12,20,22H,5-6,11,13H2. The van der Waals surface area contributed by atoms with Gasteiger partial charge in [-0.05, 0) is 54.8 Å². The molecule has 6 rings (SSSR count). The molecule has 144 valence electrons. The van der Waals surface area contributed by atoms with Crippen LogP contribution >= 0.6 is 0 Å². The molecule has 0 saturated heterocycles. The number of rotatable bonds is 2. The number of furan rings is 1. The third-order valence-corrected chi connectivity index (χ3v) is 5.70. The monoisotopic (exact) mass is 385 g/mol. The maximum atomic E-state index is 6.17. The van der Waals surface area contributed by atoms with E-state index in [4.69, 9.17) is 18.9 Å². The smallest absolute Gasteiger partial charge is 0.226 e. The number of fused-ring (bicyclic) bond motifs is 3. The highest BCUT2D eigenvalue weighted by Gasteiger charge is 2.27. The zero-order valence-electron chi connectivity index (χ0n) is 15.7. The lowest BCUT2D eigenvalue weighted by atomic mass is 9.97. The van der Waals surface area contributed by atoms with Crippen LogP contribution in [0.5, 0.6) is 5.75 Å². The van der Waals surface area contributed by atoms with E-state index >= 15 is 0 Å². The van der Waals surface area contributed by atoms with Crippen LogP contribution in [0.3, 0.4) is 0 Å². The van der Waals surface area contributed by atoms with Gasteiger partial charge in [0.2, 0.25) is 5.71 Å². The normalized spacial score (nSPS) is 20.7. The van der Waals surface area contributed by atoms with E-state index in [9.17, 15) is 0 Å². The van der Waals surface area contributed by atoms with Crippen LogP contribution in [0.4, 0.5) is 0 Å². The van der Waals surface area contributed by atoms with Crippen molar-refractivity contribution in [2.24, 2.45) is 0 Å². The predicted molar refractivity (Wildman–Crippen MR) is 105 cm³/mol. The summed E-state index contributed by atoms with van der Waals surface area (Å²) in [6.07, 6.45) is 7.82. The lowest BCUT2D eigenvalue weighted by Gasteiger charge is -2.28. The molecule has 0 radical (unpaired) electrons. The molecule has 6 heterocycles. The molecule has 4 aromatic heterocycles. The Hall–Kier alpha value is -3.25. The fraction of sp³-hybridized carbons (Fsp3) is 0.261. The van der Waals surface area contributed by atoms with Crippen LogP contribution in [0, 0.1) is 0 Å². The Morgan fingerprint density at radius 3 is 3.00 bits per heavy atom. The molecule has 0 aromatic carbocycles. The molecular weight excluding hydrogens is 366 g/mol. The molecule has 0 N–H and O–H groups in total. The molecule has 2 aliphatic heterocycles. The summed E-state index contributed by atoms with van der Waals surface area (Å²) in [5, 5.41) is 0.997. The zero-order valence-corrected chi connectivity index (χ0v) is 15.7. The van der Waals surface area contributed by atoms with Crippen molar-refractivity contribution < 1.29 is 13.9 Å². The highest BCUT2D eigenvalue weighted by molar-refractivity contribution is 5.73. The van der Waals surface area contributed by atoms with Gasteiger partial charge in [0.25, 0.3) is 0 Å². The average Bonchev–Trinajstić information content (AvgIpc) is 3.26. The first-order valence-electron chi connectivity index (χ1n) is 9.87. The van der Waals surface area contributed by atoms with Gasteiger partial charge in [-0.1, -0.05) is 0 Å². The molecule has 29 heavy (non-hydrogen) atoms. The molecule has 2 unspecified atom stereocenters. The van der Waals surface area contributed by atoms with Crippen molar-refractivity contribution in [1.82, 2.24) is 15.0 Å². The molecule has 6 nitrogen and oxygen atoms in total. The van der Waals surface area contributed by atoms with Crippen molar-refractivity contribution in [2.45, 2.75) is 38.1 Å². The minimum absolute atomic E-state index is 0.00486. The molecule has 6 heteroatoms. The van der Waals surface area contributed by atoms with Gasteiger partial charge < -0.3 is 13.9 Å². The van der Waals surface area contributed by atoms with E-state index in [0.29, 0.717) is 18.7 Å². The van der Waals surface area contributed by atoms with Crippen LogP contribution in [0.15, 0.2) is 59.5 Å². The Bertz CT molecular complexity index is 1200. The lowest BCUT2D eigenvalue weighted by molar-refractivity contribution is 0.0232. The fourth-order valence-electron chi connectivity index (χ4n) is 4.13. The number of aryl methyl sites for hydroxylation is 1. The number of aromatic nitrogens is 3. The molecule has 0 bridgehead atoms. The number of hydrogen-bond acceptors (Lipinski definition) is 6. The van der Waals surface area contributed by atoms with E-state index in [1.165, 1.54) is 0 Å². The summed E-state index contributed by atoms with van der Waals surface area (Å²) in [5.74, 6) is 0.872. The first kappa shape index (κ1) is 16.7. The predicted octanol–water partition coefficient (Wildman–Crippen LogP) is 4.50. The van der Waals surface area contributed by atoms with Crippen molar-refractivity contribution in [2.75, 3.05) is 0 Å². The fourth-order valence-corrected chi connectivity index (χ4v) is 4.13. The second kappa shape index (κ2) is 6.67. The molecule has 2 aliphatic rings. The maximum absolute atomic E-state index is 6.17.